The number of nitrogens with zero attached hydrogens (tertiary/aromatic N) is 2. The number of nitrogen functional groups attached to an aromatic ring is 1. The van der Waals surface area contributed by atoms with Crippen LogP contribution in [0.2, 0.25) is 0 Å². The average Bonchev–Trinajstić information content (AvgIpc) is 3.10. The summed E-state index contributed by atoms with van der Waals surface area (Å²) in [6.45, 7) is 6.04. The number of hydrogen-bond acceptors (Lipinski definition) is 6. The second kappa shape index (κ2) is 9.15. The molecular formula is C22H25F2N5OS. The van der Waals surface area contributed by atoms with Crippen LogP contribution in [0.5, 0.6) is 0 Å². The van der Waals surface area contributed by atoms with Crippen molar-refractivity contribution in [1.82, 2.24) is 15.6 Å². The van der Waals surface area contributed by atoms with E-state index in [1.54, 1.807) is 6.92 Å². The van der Waals surface area contributed by atoms with Crippen LogP contribution in [0.1, 0.15) is 32.9 Å². The van der Waals surface area contributed by atoms with Crippen molar-refractivity contribution < 1.29 is 13.6 Å². The molecule has 3 heterocycles. The molecule has 0 spiro atoms. The number of benzene rings is 1. The number of pyridine rings is 1. The number of halogens is 2. The van der Waals surface area contributed by atoms with Crippen molar-refractivity contribution in [2.75, 3.05) is 43.4 Å². The van der Waals surface area contributed by atoms with Crippen molar-refractivity contribution in [2.45, 2.75) is 19.8 Å². The Morgan fingerprint density at radius 3 is 2.68 bits per heavy atom. The van der Waals surface area contributed by atoms with Gasteiger partial charge in [-0.25, -0.2) is 13.8 Å². The van der Waals surface area contributed by atoms with Gasteiger partial charge in [0.1, 0.15) is 9.71 Å². The largest absolute Gasteiger partial charge is 0.397 e. The minimum Gasteiger partial charge on any atom is -0.397 e. The molecule has 164 valence electrons. The van der Waals surface area contributed by atoms with Gasteiger partial charge < -0.3 is 21.3 Å². The number of alkyl halides is 2. The van der Waals surface area contributed by atoms with Crippen molar-refractivity contribution in [3.63, 3.8) is 0 Å². The molecule has 1 amide bonds. The molecule has 0 radical (unpaired) electrons. The first kappa shape index (κ1) is 21.5. The van der Waals surface area contributed by atoms with Gasteiger partial charge in [0, 0.05) is 55.1 Å². The minimum absolute atomic E-state index is 0.0701. The van der Waals surface area contributed by atoms with Crippen LogP contribution in [0.4, 0.5) is 20.2 Å². The van der Waals surface area contributed by atoms with E-state index in [2.05, 4.69) is 44.8 Å². The normalized spacial score (nSPS) is 14.4. The summed E-state index contributed by atoms with van der Waals surface area (Å²) in [6, 6.07) is 9.67. The number of thiophene rings is 1. The van der Waals surface area contributed by atoms with E-state index in [0.29, 0.717) is 23.5 Å². The van der Waals surface area contributed by atoms with Crippen LogP contribution in [0.25, 0.3) is 10.2 Å². The first-order chi connectivity index (χ1) is 14.9. The molecule has 3 aromatic rings. The summed E-state index contributed by atoms with van der Waals surface area (Å²) in [5, 5.41) is 6.37. The van der Waals surface area contributed by atoms with Gasteiger partial charge in [-0.3, -0.25) is 4.79 Å². The van der Waals surface area contributed by atoms with E-state index in [4.69, 9.17) is 5.73 Å². The predicted molar refractivity (Wildman–Crippen MR) is 121 cm³/mol. The van der Waals surface area contributed by atoms with Gasteiger partial charge in [0.15, 0.2) is 0 Å². The molecule has 4 N–H and O–H groups in total. The van der Waals surface area contributed by atoms with Crippen molar-refractivity contribution in [1.29, 1.82) is 0 Å². The maximum Gasteiger partial charge on any atom is 0.264 e. The molecule has 0 unspecified atom stereocenters. The number of carbonyl (C=O) groups excluding carboxylic acids is 1. The van der Waals surface area contributed by atoms with Gasteiger partial charge in [-0.2, -0.15) is 0 Å². The summed E-state index contributed by atoms with van der Waals surface area (Å²) in [4.78, 5) is 19.8. The number of piperazine rings is 1. The molecule has 2 aromatic heterocycles. The maximum atomic E-state index is 13.4. The quantitative estimate of drug-likeness (QED) is 0.541. The Kier molecular flexibility index (Phi) is 6.33. The Hall–Kier alpha value is -2.78. The number of nitrogens with two attached hydrogens (primary N) is 1. The van der Waals surface area contributed by atoms with E-state index in [9.17, 15) is 13.6 Å². The van der Waals surface area contributed by atoms with Crippen LogP contribution in [0.3, 0.4) is 0 Å². The SMILES string of the molecule is Cc1cc(C(F)F)c2c(N)c(C(=O)NCCc3ccc(N4CCNCC4)cc3)sc2n1. The van der Waals surface area contributed by atoms with Gasteiger partial charge in [-0.05, 0) is 37.1 Å². The van der Waals surface area contributed by atoms with Crippen LogP contribution in [0, 0.1) is 6.92 Å². The summed E-state index contributed by atoms with van der Waals surface area (Å²) in [5.74, 6) is -0.365. The van der Waals surface area contributed by atoms with Gasteiger partial charge in [0.25, 0.3) is 12.3 Å². The third kappa shape index (κ3) is 4.62. The predicted octanol–water partition coefficient (Wildman–Crippen LogP) is 3.51. The smallest absolute Gasteiger partial charge is 0.264 e. The number of rotatable bonds is 6. The highest BCUT2D eigenvalue weighted by atomic mass is 32.1. The molecule has 0 atom stereocenters. The van der Waals surface area contributed by atoms with Crippen LogP contribution >= 0.6 is 11.3 Å². The molecular weight excluding hydrogens is 420 g/mol. The molecule has 1 aliphatic heterocycles. The topological polar surface area (TPSA) is 83.3 Å². The van der Waals surface area contributed by atoms with E-state index in [-0.39, 0.29) is 27.4 Å². The monoisotopic (exact) mass is 445 g/mol. The third-order valence-electron chi connectivity index (χ3n) is 5.42. The zero-order chi connectivity index (χ0) is 22.0. The van der Waals surface area contributed by atoms with Crippen molar-refractivity contribution in [3.05, 3.63) is 52.0 Å². The molecule has 1 saturated heterocycles. The van der Waals surface area contributed by atoms with Gasteiger partial charge in [0.05, 0.1) is 5.69 Å². The standard InChI is InChI=1S/C22H25F2N5OS/c1-13-12-16(20(23)24)17-18(25)19(31-22(17)28-13)21(30)27-7-6-14-2-4-15(5-3-14)29-10-8-26-9-11-29/h2-5,12,20,26H,6-11,25H2,1H3,(H,27,30). The van der Waals surface area contributed by atoms with Gasteiger partial charge in [0.2, 0.25) is 0 Å². The van der Waals surface area contributed by atoms with E-state index in [1.165, 1.54) is 11.8 Å². The summed E-state index contributed by atoms with van der Waals surface area (Å²) in [5.41, 5.74) is 8.74. The maximum absolute atomic E-state index is 13.4. The van der Waals surface area contributed by atoms with Crippen molar-refractivity contribution in [2.24, 2.45) is 0 Å². The zero-order valence-electron chi connectivity index (χ0n) is 17.3. The first-order valence-corrected chi connectivity index (χ1v) is 11.1. The Balaban J connectivity index is 1.40. The Bertz CT molecular complexity index is 1080. The van der Waals surface area contributed by atoms with E-state index < -0.39 is 6.43 Å². The summed E-state index contributed by atoms with van der Waals surface area (Å²) in [6.07, 6.45) is -2.01. The number of nitrogens with one attached hydrogen (secondary N) is 2. The Morgan fingerprint density at radius 1 is 1.29 bits per heavy atom. The van der Waals surface area contributed by atoms with Gasteiger partial charge in [-0.1, -0.05) is 12.1 Å². The van der Waals surface area contributed by atoms with Crippen LogP contribution in [0.15, 0.2) is 30.3 Å². The fourth-order valence-electron chi connectivity index (χ4n) is 3.82. The van der Waals surface area contributed by atoms with Crippen molar-refractivity contribution in [3.8, 4) is 0 Å². The highest BCUT2D eigenvalue weighted by Gasteiger charge is 2.23. The number of fused-ring (bicyclic) bond motifs is 1. The number of hydrogen-bond donors (Lipinski definition) is 3. The molecule has 0 saturated carbocycles. The second-order valence-electron chi connectivity index (χ2n) is 7.59. The fourth-order valence-corrected chi connectivity index (χ4v) is 4.91. The zero-order valence-corrected chi connectivity index (χ0v) is 18.1. The lowest BCUT2D eigenvalue weighted by Gasteiger charge is -2.29. The number of aryl methyl sites for hydroxylation is 1. The Labute approximate surface area is 183 Å². The fraction of sp³-hybridized carbons (Fsp3) is 0.364. The lowest BCUT2D eigenvalue weighted by atomic mass is 10.1. The number of anilines is 2. The highest BCUT2D eigenvalue weighted by Crippen LogP contribution is 2.38. The number of carbonyl (C=O) groups is 1. The summed E-state index contributed by atoms with van der Waals surface area (Å²) >= 11 is 1.05. The van der Waals surface area contributed by atoms with Gasteiger partial charge >= 0.3 is 0 Å². The van der Waals surface area contributed by atoms with Crippen LogP contribution < -0.4 is 21.3 Å². The molecule has 6 nitrogen and oxygen atoms in total. The number of aromatic nitrogens is 1. The third-order valence-corrected chi connectivity index (χ3v) is 6.51. The van der Waals surface area contributed by atoms with E-state index in [0.717, 1.165) is 43.1 Å². The molecule has 4 rings (SSSR count). The molecule has 31 heavy (non-hydrogen) atoms. The van der Waals surface area contributed by atoms with Crippen LogP contribution in [-0.2, 0) is 6.42 Å². The molecule has 1 aliphatic rings. The lowest BCUT2D eigenvalue weighted by Crippen LogP contribution is -2.43. The average molecular weight is 446 g/mol. The van der Waals surface area contributed by atoms with Crippen molar-refractivity contribution >= 4 is 38.8 Å². The van der Waals surface area contributed by atoms with E-state index in [1.807, 2.05) is 0 Å². The molecule has 9 heteroatoms. The second-order valence-corrected chi connectivity index (χ2v) is 8.59. The lowest BCUT2D eigenvalue weighted by molar-refractivity contribution is 0.0959. The Morgan fingerprint density at radius 2 is 2.00 bits per heavy atom. The van der Waals surface area contributed by atoms with Crippen LogP contribution in [-0.4, -0.2) is 43.6 Å². The minimum atomic E-state index is -2.68. The van der Waals surface area contributed by atoms with E-state index >= 15 is 0 Å². The number of amides is 1. The summed E-state index contributed by atoms with van der Waals surface area (Å²) < 4.78 is 26.8. The molecule has 0 bridgehead atoms. The first-order valence-electron chi connectivity index (χ1n) is 10.2. The summed E-state index contributed by atoms with van der Waals surface area (Å²) in [7, 11) is 0. The highest BCUT2D eigenvalue weighted by molar-refractivity contribution is 7.21. The molecule has 1 fully saturated rings. The molecule has 1 aromatic carbocycles. The van der Waals surface area contributed by atoms with Gasteiger partial charge in [-0.15, -0.1) is 11.3 Å². The molecule has 0 aliphatic carbocycles.